The zero-order valence-corrected chi connectivity index (χ0v) is 13.2. The molecule has 0 unspecified atom stereocenters. The minimum atomic E-state index is -0.254. The van der Waals surface area contributed by atoms with Gasteiger partial charge in [0.1, 0.15) is 5.15 Å². The van der Waals surface area contributed by atoms with Gasteiger partial charge in [-0.05, 0) is 45.8 Å². The van der Waals surface area contributed by atoms with Crippen LogP contribution in [0.5, 0.6) is 0 Å². The average molecular weight is 372 g/mol. The molecule has 1 N–H and O–H groups in total. The molecule has 0 radical (unpaired) electrons. The number of amides is 1. The maximum absolute atomic E-state index is 11.7. The molecule has 2 rings (SSSR count). The van der Waals surface area contributed by atoms with Crippen molar-refractivity contribution >= 4 is 56.8 Å². The van der Waals surface area contributed by atoms with Crippen molar-refractivity contribution in [2.45, 2.75) is 0 Å². The Balaban J connectivity index is 2.01. The van der Waals surface area contributed by atoms with Crippen LogP contribution in [0, 0.1) is 0 Å². The molecule has 0 bridgehead atoms. The van der Waals surface area contributed by atoms with Crippen LogP contribution >= 0.6 is 39.1 Å². The first-order chi connectivity index (χ1) is 9.54. The summed E-state index contributed by atoms with van der Waals surface area (Å²) in [6.45, 7) is 0. The molecule has 0 saturated carbocycles. The first-order valence-electron chi connectivity index (χ1n) is 5.60. The minimum Gasteiger partial charge on any atom is -0.321 e. The van der Waals surface area contributed by atoms with Gasteiger partial charge in [0, 0.05) is 11.1 Å². The van der Waals surface area contributed by atoms with Gasteiger partial charge >= 0.3 is 0 Å². The molecule has 0 aliphatic carbocycles. The Morgan fingerprint density at radius 2 is 1.95 bits per heavy atom. The van der Waals surface area contributed by atoms with Gasteiger partial charge in [-0.15, -0.1) is 0 Å². The maximum Gasteiger partial charge on any atom is 0.248 e. The third-order valence-corrected chi connectivity index (χ3v) is 3.75. The molecule has 20 heavy (non-hydrogen) atoms. The van der Waals surface area contributed by atoms with E-state index in [1.807, 2.05) is 12.1 Å². The monoisotopic (exact) mass is 370 g/mol. The Hall–Kier alpha value is -1.36. The summed E-state index contributed by atoms with van der Waals surface area (Å²) in [4.78, 5) is 15.7. The van der Waals surface area contributed by atoms with Gasteiger partial charge < -0.3 is 5.32 Å². The molecular formula is C14H9BrCl2N2O. The van der Waals surface area contributed by atoms with E-state index in [4.69, 9.17) is 23.2 Å². The van der Waals surface area contributed by atoms with E-state index >= 15 is 0 Å². The molecule has 0 atom stereocenters. The SMILES string of the molecule is O=C(/C=C/c1ccc(Cl)cc1)Nc1cnc(Cl)c(Br)c1. The summed E-state index contributed by atoms with van der Waals surface area (Å²) >= 11 is 14.8. The number of aromatic nitrogens is 1. The van der Waals surface area contributed by atoms with E-state index in [0.717, 1.165) is 5.56 Å². The van der Waals surface area contributed by atoms with Gasteiger partial charge in [-0.3, -0.25) is 4.79 Å². The standard InChI is InChI=1S/C14H9BrCl2N2O/c15-12-7-11(8-18-14(12)17)19-13(20)6-3-9-1-4-10(16)5-2-9/h1-8H,(H,19,20)/b6-3+. The van der Waals surface area contributed by atoms with Crippen LogP contribution < -0.4 is 5.32 Å². The fourth-order valence-corrected chi connectivity index (χ4v) is 2.00. The summed E-state index contributed by atoms with van der Waals surface area (Å²) in [5.74, 6) is -0.254. The second-order valence-corrected chi connectivity index (χ2v) is 5.52. The zero-order chi connectivity index (χ0) is 14.5. The molecule has 1 aromatic heterocycles. The van der Waals surface area contributed by atoms with E-state index in [0.29, 0.717) is 20.3 Å². The Bertz CT molecular complexity index is 657. The van der Waals surface area contributed by atoms with Crippen molar-refractivity contribution in [2.75, 3.05) is 5.32 Å². The number of rotatable bonds is 3. The summed E-state index contributed by atoms with van der Waals surface area (Å²) < 4.78 is 0.624. The van der Waals surface area contributed by atoms with E-state index < -0.39 is 0 Å². The van der Waals surface area contributed by atoms with Crippen molar-refractivity contribution in [2.24, 2.45) is 0 Å². The third kappa shape index (κ3) is 4.34. The molecule has 102 valence electrons. The molecule has 1 heterocycles. The van der Waals surface area contributed by atoms with Crippen molar-refractivity contribution in [3.05, 3.63) is 62.8 Å². The minimum absolute atomic E-state index is 0.254. The van der Waals surface area contributed by atoms with Crippen LogP contribution in [-0.4, -0.2) is 10.9 Å². The molecule has 2 aromatic rings. The van der Waals surface area contributed by atoms with Gasteiger partial charge in [-0.1, -0.05) is 35.3 Å². The summed E-state index contributed by atoms with van der Waals surface area (Å²) in [5.41, 5.74) is 1.45. The number of anilines is 1. The Kier molecular flexibility index (Phi) is 5.17. The summed E-state index contributed by atoms with van der Waals surface area (Å²) in [6, 6.07) is 8.86. The number of carbonyl (C=O) groups excluding carboxylic acids is 1. The van der Waals surface area contributed by atoms with Crippen LogP contribution in [0.4, 0.5) is 5.69 Å². The molecule has 6 heteroatoms. The number of carbonyl (C=O) groups is 1. The first kappa shape index (κ1) is 15.0. The highest BCUT2D eigenvalue weighted by molar-refractivity contribution is 9.10. The lowest BCUT2D eigenvalue weighted by molar-refractivity contribution is -0.111. The predicted octanol–water partition coefficient (Wildman–Crippen LogP) is 4.80. The van der Waals surface area contributed by atoms with Crippen molar-refractivity contribution in [1.29, 1.82) is 0 Å². The van der Waals surface area contributed by atoms with E-state index in [9.17, 15) is 4.79 Å². The molecule has 1 amide bonds. The summed E-state index contributed by atoms with van der Waals surface area (Å²) in [5, 5.41) is 3.69. The van der Waals surface area contributed by atoms with Gasteiger partial charge in [0.25, 0.3) is 0 Å². The predicted molar refractivity (Wildman–Crippen MR) is 86.1 cm³/mol. The van der Waals surface area contributed by atoms with Gasteiger partial charge in [0.15, 0.2) is 0 Å². The Labute approximate surface area is 134 Å². The Morgan fingerprint density at radius 3 is 2.60 bits per heavy atom. The lowest BCUT2D eigenvalue weighted by Crippen LogP contribution is -2.08. The van der Waals surface area contributed by atoms with Crippen LogP contribution in [0.1, 0.15) is 5.56 Å². The van der Waals surface area contributed by atoms with Crippen molar-refractivity contribution < 1.29 is 4.79 Å². The van der Waals surface area contributed by atoms with E-state index in [-0.39, 0.29) is 5.91 Å². The number of pyridine rings is 1. The van der Waals surface area contributed by atoms with Crippen LogP contribution in [0.2, 0.25) is 10.2 Å². The lowest BCUT2D eigenvalue weighted by atomic mass is 10.2. The number of nitrogens with zero attached hydrogens (tertiary/aromatic N) is 1. The normalized spacial score (nSPS) is 10.8. The van der Waals surface area contributed by atoms with Crippen LogP contribution in [0.15, 0.2) is 47.1 Å². The maximum atomic E-state index is 11.7. The van der Waals surface area contributed by atoms with Crippen molar-refractivity contribution in [1.82, 2.24) is 4.98 Å². The fraction of sp³-hybridized carbons (Fsp3) is 0. The lowest BCUT2D eigenvalue weighted by Gasteiger charge is -2.03. The summed E-state index contributed by atoms with van der Waals surface area (Å²) in [7, 11) is 0. The molecule has 0 spiro atoms. The van der Waals surface area contributed by atoms with Gasteiger partial charge in [0.2, 0.25) is 5.91 Å². The molecular weight excluding hydrogens is 363 g/mol. The largest absolute Gasteiger partial charge is 0.321 e. The molecule has 0 aliphatic heterocycles. The molecule has 0 saturated heterocycles. The topological polar surface area (TPSA) is 42.0 Å². The zero-order valence-electron chi connectivity index (χ0n) is 10.1. The van der Waals surface area contributed by atoms with Gasteiger partial charge in [-0.25, -0.2) is 4.98 Å². The Morgan fingerprint density at radius 1 is 1.25 bits per heavy atom. The number of benzene rings is 1. The fourth-order valence-electron chi connectivity index (χ4n) is 1.42. The van der Waals surface area contributed by atoms with Crippen LogP contribution in [-0.2, 0) is 4.79 Å². The number of halogens is 3. The quantitative estimate of drug-likeness (QED) is 0.621. The van der Waals surface area contributed by atoms with Crippen molar-refractivity contribution in [3.63, 3.8) is 0 Å². The summed E-state index contributed by atoms with van der Waals surface area (Å²) in [6.07, 6.45) is 4.62. The number of hydrogen-bond acceptors (Lipinski definition) is 2. The highest BCUT2D eigenvalue weighted by Crippen LogP contribution is 2.22. The number of nitrogens with one attached hydrogen (secondary N) is 1. The second kappa shape index (κ2) is 6.88. The molecule has 0 aliphatic rings. The van der Waals surface area contributed by atoms with E-state index in [2.05, 4.69) is 26.2 Å². The van der Waals surface area contributed by atoms with E-state index in [1.54, 1.807) is 24.3 Å². The van der Waals surface area contributed by atoms with Crippen molar-refractivity contribution in [3.8, 4) is 0 Å². The van der Waals surface area contributed by atoms with Crippen LogP contribution in [0.25, 0.3) is 6.08 Å². The second-order valence-electron chi connectivity index (χ2n) is 3.87. The van der Waals surface area contributed by atoms with Gasteiger partial charge in [-0.2, -0.15) is 0 Å². The molecule has 3 nitrogen and oxygen atoms in total. The highest BCUT2D eigenvalue weighted by atomic mass is 79.9. The average Bonchev–Trinajstić information content (AvgIpc) is 2.42. The third-order valence-electron chi connectivity index (χ3n) is 2.36. The molecule has 0 fully saturated rings. The highest BCUT2D eigenvalue weighted by Gasteiger charge is 2.02. The van der Waals surface area contributed by atoms with Crippen LogP contribution in [0.3, 0.4) is 0 Å². The van der Waals surface area contributed by atoms with Gasteiger partial charge in [0.05, 0.1) is 16.4 Å². The smallest absolute Gasteiger partial charge is 0.248 e. The number of hydrogen-bond donors (Lipinski definition) is 1. The first-order valence-corrected chi connectivity index (χ1v) is 7.15. The molecule has 1 aromatic carbocycles. The van der Waals surface area contributed by atoms with E-state index in [1.165, 1.54) is 12.3 Å².